The van der Waals surface area contributed by atoms with Crippen molar-refractivity contribution in [3.05, 3.63) is 76.6 Å². The molecule has 0 bridgehead atoms. The monoisotopic (exact) mass is 437 g/mol. The molecule has 0 aliphatic carbocycles. The number of hydrogen-bond acceptors (Lipinski definition) is 5. The number of thioether (sulfide) groups is 1. The van der Waals surface area contributed by atoms with E-state index in [1.807, 2.05) is 12.1 Å². The van der Waals surface area contributed by atoms with Crippen molar-refractivity contribution < 1.29 is 18.7 Å². The summed E-state index contributed by atoms with van der Waals surface area (Å²) in [4.78, 5) is 29.5. The van der Waals surface area contributed by atoms with Gasteiger partial charge in [0.2, 0.25) is 5.91 Å². The van der Waals surface area contributed by atoms with Crippen LogP contribution in [-0.2, 0) is 20.7 Å². The lowest BCUT2D eigenvalue weighted by molar-refractivity contribution is -0.130. The summed E-state index contributed by atoms with van der Waals surface area (Å²) in [6.45, 7) is 1.64. The van der Waals surface area contributed by atoms with E-state index in [-0.39, 0.29) is 17.3 Å². The number of carbonyl (C=O) groups excluding carboxylic acids is 2. The smallest absolute Gasteiger partial charge is 0.267 e. The minimum absolute atomic E-state index is 0.0503. The summed E-state index contributed by atoms with van der Waals surface area (Å²) in [5, 5.41) is 9.67. The van der Waals surface area contributed by atoms with Crippen LogP contribution in [0.1, 0.15) is 5.56 Å². The van der Waals surface area contributed by atoms with Crippen LogP contribution in [0.25, 0.3) is 0 Å². The Morgan fingerprint density at radius 3 is 2.45 bits per heavy atom. The first-order valence-corrected chi connectivity index (χ1v) is 10.8. The number of morpholine rings is 1. The first kappa shape index (κ1) is 21.1. The number of halogens is 1. The van der Waals surface area contributed by atoms with Crippen LogP contribution < -0.4 is 4.90 Å². The molecule has 2 heterocycles. The summed E-state index contributed by atoms with van der Waals surface area (Å²) < 4.78 is 18.6. The molecule has 0 radical (unpaired) electrons. The molecule has 2 aliphatic heterocycles. The Hall–Kier alpha value is -3.15. The highest BCUT2D eigenvalue weighted by molar-refractivity contribution is 8.05. The molecular weight excluding hydrogens is 417 g/mol. The van der Waals surface area contributed by atoms with Crippen LogP contribution in [-0.4, -0.2) is 48.3 Å². The maximum atomic E-state index is 13.3. The molecule has 0 aromatic heterocycles. The summed E-state index contributed by atoms with van der Waals surface area (Å²) >= 11 is 1.21. The number of hydrogen-bond donors (Lipinski definition) is 0. The molecule has 0 saturated carbocycles. The van der Waals surface area contributed by atoms with Crippen LogP contribution in [0.15, 0.2) is 65.2 Å². The number of para-hydroxylation sites is 1. The minimum Gasteiger partial charge on any atom is -0.378 e. The topological polar surface area (TPSA) is 73.6 Å². The Balaban J connectivity index is 1.71. The molecular formula is C23H20FN3O3S. The molecule has 2 fully saturated rings. The Bertz CT molecular complexity index is 1040. The van der Waals surface area contributed by atoms with Gasteiger partial charge >= 0.3 is 0 Å². The molecule has 8 heteroatoms. The fourth-order valence-electron chi connectivity index (χ4n) is 3.55. The molecule has 1 atom stereocenters. The van der Waals surface area contributed by atoms with Crippen LogP contribution in [0.3, 0.4) is 0 Å². The largest absolute Gasteiger partial charge is 0.378 e. The number of ether oxygens (including phenoxy) is 1. The molecule has 0 spiro atoms. The second kappa shape index (κ2) is 9.33. The third kappa shape index (κ3) is 4.48. The van der Waals surface area contributed by atoms with Crippen molar-refractivity contribution in [2.45, 2.75) is 11.7 Å². The minimum atomic E-state index is -0.526. The highest BCUT2D eigenvalue weighted by Gasteiger charge is 2.41. The normalized spacial score (nSPS) is 20.5. The van der Waals surface area contributed by atoms with Gasteiger partial charge in [0.05, 0.1) is 18.5 Å². The predicted octanol–water partition coefficient (Wildman–Crippen LogP) is 3.11. The molecule has 4 rings (SSSR count). The SMILES string of the molecule is N#C/C(C(=O)N1CCOCC1)=C1/S[C@@H](Cc2ccc(F)cc2)C(=O)N1c1ccccc1. The highest BCUT2D eigenvalue weighted by atomic mass is 32.2. The van der Waals surface area contributed by atoms with Gasteiger partial charge in [-0.3, -0.25) is 14.5 Å². The lowest BCUT2D eigenvalue weighted by atomic mass is 10.1. The van der Waals surface area contributed by atoms with Gasteiger partial charge in [-0.25, -0.2) is 4.39 Å². The van der Waals surface area contributed by atoms with E-state index in [9.17, 15) is 19.2 Å². The third-order valence-electron chi connectivity index (χ3n) is 5.14. The number of rotatable bonds is 4. The number of nitriles is 1. The maximum Gasteiger partial charge on any atom is 0.267 e. The van der Waals surface area contributed by atoms with Gasteiger partial charge in [0.25, 0.3) is 5.91 Å². The number of anilines is 1. The second-order valence-electron chi connectivity index (χ2n) is 7.14. The zero-order chi connectivity index (χ0) is 21.8. The van der Waals surface area contributed by atoms with E-state index in [2.05, 4.69) is 0 Å². The maximum absolute atomic E-state index is 13.3. The highest BCUT2D eigenvalue weighted by Crippen LogP contribution is 2.42. The number of nitrogens with zero attached hydrogens (tertiary/aromatic N) is 3. The average molecular weight is 437 g/mol. The molecule has 158 valence electrons. The van der Waals surface area contributed by atoms with Crippen molar-refractivity contribution in [1.82, 2.24) is 4.90 Å². The van der Waals surface area contributed by atoms with E-state index in [1.165, 1.54) is 28.8 Å². The van der Waals surface area contributed by atoms with Crippen LogP contribution in [0.2, 0.25) is 0 Å². The first-order chi connectivity index (χ1) is 15.1. The zero-order valence-electron chi connectivity index (χ0n) is 16.7. The zero-order valence-corrected chi connectivity index (χ0v) is 17.5. The van der Waals surface area contributed by atoms with Gasteiger partial charge in [-0.1, -0.05) is 42.1 Å². The quantitative estimate of drug-likeness (QED) is 0.543. The fourth-order valence-corrected chi connectivity index (χ4v) is 4.85. The molecule has 0 N–H and O–H groups in total. The van der Waals surface area contributed by atoms with Crippen LogP contribution in [0.5, 0.6) is 0 Å². The van der Waals surface area contributed by atoms with E-state index < -0.39 is 11.2 Å². The first-order valence-electron chi connectivity index (χ1n) is 9.90. The molecule has 31 heavy (non-hydrogen) atoms. The third-order valence-corrected chi connectivity index (χ3v) is 6.40. The summed E-state index contributed by atoms with van der Waals surface area (Å²) in [5.41, 5.74) is 1.35. The lowest BCUT2D eigenvalue weighted by Crippen LogP contribution is -2.42. The van der Waals surface area contributed by atoms with Crippen molar-refractivity contribution in [3.8, 4) is 6.07 Å². The number of amides is 2. The van der Waals surface area contributed by atoms with Gasteiger partial charge in [-0.05, 0) is 36.2 Å². The van der Waals surface area contributed by atoms with Crippen molar-refractivity contribution in [3.63, 3.8) is 0 Å². The van der Waals surface area contributed by atoms with Crippen LogP contribution in [0.4, 0.5) is 10.1 Å². The van der Waals surface area contributed by atoms with Crippen molar-refractivity contribution >= 4 is 29.3 Å². The predicted molar refractivity (Wildman–Crippen MR) is 115 cm³/mol. The Kier molecular flexibility index (Phi) is 6.35. The molecule has 2 aromatic carbocycles. The molecule has 2 aromatic rings. The second-order valence-corrected chi connectivity index (χ2v) is 8.33. The van der Waals surface area contributed by atoms with Gasteiger partial charge in [0.15, 0.2) is 0 Å². The molecule has 2 saturated heterocycles. The van der Waals surface area contributed by atoms with Gasteiger partial charge in [0.1, 0.15) is 22.5 Å². The van der Waals surface area contributed by atoms with Gasteiger partial charge in [-0.2, -0.15) is 5.26 Å². The Morgan fingerprint density at radius 1 is 1.13 bits per heavy atom. The summed E-state index contributed by atoms with van der Waals surface area (Å²) in [6, 6.07) is 17.0. The van der Waals surface area contributed by atoms with E-state index in [1.54, 1.807) is 41.3 Å². The molecule has 2 aliphatic rings. The summed E-state index contributed by atoms with van der Waals surface area (Å²) in [6.07, 6.45) is 0.362. The van der Waals surface area contributed by atoms with E-state index in [4.69, 9.17) is 4.74 Å². The van der Waals surface area contributed by atoms with Gasteiger partial charge in [0, 0.05) is 18.8 Å². The van der Waals surface area contributed by atoms with E-state index in [0.717, 1.165) is 5.56 Å². The summed E-state index contributed by atoms with van der Waals surface area (Å²) in [5.74, 6) is -0.953. The fraction of sp³-hybridized carbons (Fsp3) is 0.261. The molecule has 2 amide bonds. The van der Waals surface area contributed by atoms with E-state index in [0.29, 0.717) is 43.4 Å². The summed E-state index contributed by atoms with van der Waals surface area (Å²) in [7, 11) is 0. The van der Waals surface area contributed by atoms with Crippen molar-refractivity contribution in [2.75, 3.05) is 31.2 Å². The Labute approximate surface area is 183 Å². The number of carbonyl (C=O) groups is 2. The molecule has 0 unspecified atom stereocenters. The average Bonchev–Trinajstić information content (AvgIpc) is 3.12. The van der Waals surface area contributed by atoms with Gasteiger partial charge in [-0.15, -0.1) is 0 Å². The number of benzene rings is 2. The molecule has 6 nitrogen and oxygen atoms in total. The van der Waals surface area contributed by atoms with Gasteiger partial charge < -0.3 is 9.64 Å². The lowest BCUT2D eigenvalue weighted by Gasteiger charge is -2.27. The van der Waals surface area contributed by atoms with Crippen LogP contribution in [0, 0.1) is 17.1 Å². The standard InChI is InChI=1S/C23H20FN3O3S/c24-17-8-6-16(7-9-17)14-20-22(29)27(18-4-2-1-3-5-18)23(31-20)19(15-25)21(28)26-10-12-30-13-11-26/h1-9,20H,10-14H2/b23-19-/t20-/m0/s1. The van der Waals surface area contributed by atoms with Crippen LogP contribution >= 0.6 is 11.8 Å². The van der Waals surface area contributed by atoms with E-state index >= 15 is 0 Å². The van der Waals surface area contributed by atoms with Crippen molar-refractivity contribution in [2.24, 2.45) is 0 Å². The Morgan fingerprint density at radius 2 is 1.81 bits per heavy atom. The van der Waals surface area contributed by atoms with Crippen molar-refractivity contribution in [1.29, 1.82) is 5.26 Å².